The zero-order chi connectivity index (χ0) is 16.2. The summed E-state index contributed by atoms with van der Waals surface area (Å²) in [5.74, 6) is 1.26. The van der Waals surface area contributed by atoms with E-state index in [1.165, 1.54) is 12.3 Å². The zero-order valence-corrected chi connectivity index (χ0v) is 13.0. The lowest BCUT2D eigenvalue weighted by atomic mass is 10.1. The number of pyridine rings is 2. The first-order valence-electron chi connectivity index (χ1n) is 7.25. The maximum atomic E-state index is 10.7. The van der Waals surface area contributed by atoms with Crippen LogP contribution in [0, 0.1) is 10.1 Å². The molecule has 1 aliphatic rings. The van der Waals surface area contributed by atoms with E-state index in [0.717, 1.165) is 19.4 Å². The second kappa shape index (κ2) is 6.78. The molecular weight excluding hydrogens is 320 g/mol. The van der Waals surface area contributed by atoms with Crippen molar-refractivity contribution >= 4 is 23.1 Å². The molecule has 0 amide bonds. The minimum atomic E-state index is -0.453. The van der Waals surface area contributed by atoms with Crippen molar-refractivity contribution in [3.8, 4) is 5.88 Å². The normalized spacial score (nSPS) is 17.8. The predicted octanol–water partition coefficient (Wildman–Crippen LogP) is 3.09. The number of hydrogen-bond donors (Lipinski definition) is 0. The number of anilines is 1. The number of piperidine rings is 1. The molecule has 120 valence electrons. The molecule has 23 heavy (non-hydrogen) atoms. The molecule has 3 heterocycles. The van der Waals surface area contributed by atoms with Gasteiger partial charge in [-0.25, -0.2) is 9.97 Å². The van der Waals surface area contributed by atoms with E-state index in [4.69, 9.17) is 16.3 Å². The molecule has 0 spiro atoms. The molecule has 1 saturated heterocycles. The minimum Gasteiger partial charge on any atom is -0.472 e. The van der Waals surface area contributed by atoms with E-state index in [-0.39, 0.29) is 11.8 Å². The van der Waals surface area contributed by atoms with E-state index in [9.17, 15) is 10.1 Å². The fourth-order valence-electron chi connectivity index (χ4n) is 2.52. The third-order valence-electron chi connectivity index (χ3n) is 3.63. The van der Waals surface area contributed by atoms with Gasteiger partial charge in [0.05, 0.1) is 16.5 Å². The Morgan fingerprint density at radius 2 is 2.13 bits per heavy atom. The molecule has 1 aliphatic heterocycles. The van der Waals surface area contributed by atoms with Crippen LogP contribution >= 0.6 is 11.6 Å². The summed E-state index contributed by atoms with van der Waals surface area (Å²) in [4.78, 5) is 20.6. The molecule has 2 aromatic heterocycles. The molecule has 0 saturated carbocycles. The topological polar surface area (TPSA) is 81.4 Å². The Morgan fingerprint density at radius 3 is 2.78 bits per heavy atom. The van der Waals surface area contributed by atoms with Gasteiger partial charge in [-0.1, -0.05) is 11.6 Å². The highest BCUT2D eigenvalue weighted by atomic mass is 35.5. The van der Waals surface area contributed by atoms with Crippen LogP contribution in [0.3, 0.4) is 0 Å². The van der Waals surface area contributed by atoms with Gasteiger partial charge in [0, 0.05) is 24.9 Å². The molecule has 0 N–H and O–H groups in total. The SMILES string of the molecule is O=[N+]([O-])c1ccc(N2CCCC(Oc3ccc(Cl)cn3)C2)nc1. The lowest BCUT2D eigenvalue weighted by molar-refractivity contribution is -0.385. The molecule has 7 nitrogen and oxygen atoms in total. The molecule has 2 aromatic rings. The summed E-state index contributed by atoms with van der Waals surface area (Å²) in [6.07, 6.45) is 4.70. The first kappa shape index (κ1) is 15.5. The highest BCUT2D eigenvalue weighted by molar-refractivity contribution is 6.30. The second-order valence-electron chi connectivity index (χ2n) is 5.27. The van der Waals surface area contributed by atoms with Crippen LogP contribution in [0.25, 0.3) is 0 Å². The van der Waals surface area contributed by atoms with Crippen LogP contribution in [0.15, 0.2) is 36.7 Å². The number of rotatable bonds is 4. The zero-order valence-electron chi connectivity index (χ0n) is 12.3. The third-order valence-corrected chi connectivity index (χ3v) is 3.86. The van der Waals surface area contributed by atoms with Crippen LogP contribution in [0.5, 0.6) is 5.88 Å². The third kappa shape index (κ3) is 3.87. The summed E-state index contributed by atoms with van der Waals surface area (Å²) in [5.41, 5.74) is -0.0103. The molecule has 1 atom stereocenters. The molecule has 0 aliphatic carbocycles. The molecule has 3 rings (SSSR count). The molecule has 0 bridgehead atoms. The lowest BCUT2D eigenvalue weighted by Crippen LogP contribution is -2.41. The predicted molar refractivity (Wildman–Crippen MR) is 86.0 cm³/mol. The summed E-state index contributed by atoms with van der Waals surface area (Å²) >= 11 is 5.81. The Balaban J connectivity index is 1.65. The smallest absolute Gasteiger partial charge is 0.287 e. The van der Waals surface area contributed by atoms with Gasteiger partial charge in [0.15, 0.2) is 0 Å². The van der Waals surface area contributed by atoms with Gasteiger partial charge in [-0.2, -0.15) is 0 Å². The number of nitro groups is 1. The molecular formula is C15H15ClN4O3. The first-order chi connectivity index (χ1) is 11.1. The molecule has 0 radical (unpaired) electrons. The summed E-state index contributed by atoms with van der Waals surface area (Å²) in [6, 6.07) is 6.61. The van der Waals surface area contributed by atoms with Gasteiger partial charge in [0.25, 0.3) is 5.69 Å². The maximum Gasteiger partial charge on any atom is 0.287 e. The van der Waals surface area contributed by atoms with Crippen molar-refractivity contribution in [2.75, 3.05) is 18.0 Å². The summed E-state index contributed by atoms with van der Waals surface area (Å²) in [6.45, 7) is 1.51. The molecule has 8 heteroatoms. The van der Waals surface area contributed by atoms with Crippen LogP contribution in [0.2, 0.25) is 5.02 Å². The van der Waals surface area contributed by atoms with Crippen LogP contribution in [-0.2, 0) is 0 Å². The average Bonchev–Trinajstić information content (AvgIpc) is 2.57. The average molecular weight is 335 g/mol. The van der Waals surface area contributed by atoms with Gasteiger partial charge in [0.1, 0.15) is 18.1 Å². The number of nitrogens with zero attached hydrogens (tertiary/aromatic N) is 4. The van der Waals surface area contributed by atoms with Crippen molar-refractivity contribution in [3.63, 3.8) is 0 Å². The Bertz CT molecular complexity index is 678. The molecule has 1 fully saturated rings. The number of hydrogen-bond acceptors (Lipinski definition) is 6. The fraction of sp³-hybridized carbons (Fsp3) is 0.333. The van der Waals surface area contributed by atoms with E-state index in [2.05, 4.69) is 14.9 Å². The van der Waals surface area contributed by atoms with Crippen LogP contribution in [0.1, 0.15) is 12.8 Å². The quantitative estimate of drug-likeness (QED) is 0.631. The van der Waals surface area contributed by atoms with E-state index in [1.807, 2.05) is 0 Å². The number of halogens is 1. The van der Waals surface area contributed by atoms with E-state index >= 15 is 0 Å². The Morgan fingerprint density at radius 1 is 1.26 bits per heavy atom. The van der Waals surface area contributed by atoms with Gasteiger partial charge < -0.3 is 9.64 Å². The van der Waals surface area contributed by atoms with Gasteiger partial charge in [-0.15, -0.1) is 0 Å². The summed E-state index contributed by atoms with van der Waals surface area (Å²) < 4.78 is 5.88. The van der Waals surface area contributed by atoms with Crippen molar-refractivity contribution in [2.24, 2.45) is 0 Å². The summed E-state index contributed by atoms with van der Waals surface area (Å²) in [7, 11) is 0. The van der Waals surface area contributed by atoms with Crippen LogP contribution in [0.4, 0.5) is 11.5 Å². The van der Waals surface area contributed by atoms with E-state index in [0.29, 0.717) is 23.3 Å². The van der Waals surface area contributed by atoms with Crippen LogP contribution < -0.4 is 9.64 Å². The first-order valence-corrected chi connectivity index (χ1v) is 7.63. The number of ether oxygens (including phenoxy) is 1. The van der Waals surface area contributed by atoms with Crippen molar-refractivity contribution in [1.29, 1.82) is 0 Å². The fourth-order valence-corrected chi connectivity index (χ4v) is 2.63. The highest BCUT2D eigenvalue weighted by Crippen LogP contribution is 2.22. The van der Waals surface area contributed by atoms with Crippen molar-refractivity contribution < 1.29 is 9.66 Å². The van der Waals surface area contributed by atoms with Gasteiger partial charge in [-0.05, 0) is 25.0 Å². The summed E-state index contributed by atoms with van der Waals surface area (Å²) in [5, 5.41) is 11.3. The van der Waals surface area contributed by atoms with E-state index in [1.54, 1.807) is 24.4 Å². The maximum absolute atomic E-state index is 10.7. The second-order valence-corrected chi connectivity index (χ2v) is 5.71. The van der Waals surface area contributed by atoms with Gasteiger partial charge >= 0.3 is 0 Å². The Kier molecular flexibility index (Phi) is 4.57. The van der Waals surface area contributed by atoms with Gasteiger partial charge in [-0.3, -0.25) is 10.1 Å². The monoisotopic (exact) mass is 334 g/mol. The largest absolute Gasteiger partial charge is 0.472 e. The Labute approximate surface area is 138 Å². The number of aromatic nitrogens is 2. The van der Waals surface area contributed by atoms with Crippen molar-refractivity contribution in [1.82, 2.24) is 9.97 Å². The standard InChI is InChI=1S/C15H15ClN4O3/c16-11-3-6-15(18-8-11)23-13-2-1-7-19(10-13)14-5-4-12(9-17-14)20(21)22/h3-6,8-9,13H,1-2,7,10H2. The van der Waals surface area contributed by atoms with Crippen molar-refractivity contribution in [3.05, 3.63) is 51.8 Å². The Hall–Kier alpha value is -2.41. The van der Waals surface area contributed by atoms with Gasteiger partial charge in [0.2, 0.25) is 5.88 Å². The molecule has 1 unspecified atom stereocenters. The van der Waals surface area contributed by atoms with Crippen molar-refractivity contribution in [2.45, 2.75) is 18.9 Å². The lowest BCUT2D eigenvalue weighted by Gasteiger charge is -2.33. The van der Waals surface area contributed by atoms with E-state index < -0.39 is 4.92 Å². The minimum absolute atomic E-state index is 0.00517. The molecule has 0 aromatic carbocycles. The highest BCUT2D eigenvalue weighted by Gasteiger charge is 2.23. The van der Waals surface area contributed by atoms with Crippen LogP contribution in [-0.4, -0.2) is 34.1 Å².